The number of carbonyl (C=O) groups is 3. The van der Waals surface area contributed by atoms with Crippen LogP contribution < -0.4 is 5.32 Å². The van der Waals surface area contributed by atoms with E-state index in [2.05, 4.69) is 10.3 Å². The number of rotatable bonds is 5. The maximum atomic E-state index is 12.8. The lowest BCUT2D eigenvalue weighted by molar-refractivity contribution is -0.116. The minimum absolute atomic E-state index is 0.160. The quantitative estimate of drug-likeness (QED) is 0.666. The number of aromatic nitrogens is 1. The lowest BCUT2D eigenvalue weighted by Gasteiger charge is -2.27. The van der Waals surface area contributed by atoms with E-state index < -0.39 is 0 Å². The molecule has 0 atom stereocenters. The van der Waals surface area contributed by atoms with E-state index in [9.17, 15) is 14.4 Å². The van der Waals surface area contributed by atoms with Crippen LogP contribution in [0.2, 0.25) is 5.02 Å². The summed E-state index contributed by atoms with van der Waals surface area (Å²) in [5, 5.41) is 4.71. The third-order valence-electron chi connectivity index (χ3n) is 4.64. The molecule has 2 heterocycles. The number of pyridine rings is 1. The maximum Gasteiger partial charge on any atom is 0.261 e. The summed E-state index contributed by atoms with van der Waals surface area (Å²) in [6, 6.07) is 14.1. The van der Waals surface area contributed by atoms with Crippen LogP contribution in [-0.2, 0) is 4.79 Å². The van der Waals surface area contributed by atoms with Gasteiger partial charge in [-0.05, 0) is 36.1 Å². The molecule has 1 N–H and O–H groups in total. The fraction of sp³-hybridized carbons (Fsp3) is 0.143. The highest BCUT2D eigenvalue weighted by Gasteiger charge is 2.32. The number of imide groups is 1. The summed E-state index contributed by atoms with van der Waals surface area (Å²) in [5.74, 6) is -0.488. The Morgan fingerprint density at radius 3 is 2.29 bits per heavy atom. The molecule has 0 aliphatic carbocycles. The molecule has 140 valence electrons. The van der Waals surface area contributed by atoms with Gasteiger partial charge >= 0.3 is 0 Å². The van der Waals surface area contributed by atoms with Gasteiger partial charge in [0, 0.05) is 35.7 Å². The number of hydrogen-bond donors (Lipinski definition) is 1. The van der Waals surface area contributed by atoms with Gasteiger partial charge in [0.2, 0.25) is 5.91 Å². The molecule has 0 bridgehead atoms. The number of hydrogen-bond acceptors (Lipinski definition) is 4. The monoisotopic (exact) mass is 393 g/mol. The fourth-order valence-corrected chi connectivity index (χ4v) is 3.45. The van der Waals surface area contributed by atoms with Gasteiger partial charge in [-0.25, -0.2) is 4.98 Å². The molecule has 0 spiro atoms. The van der Waals surface area contributed by atoms with Gasteiger partial charge in [-0.1, -0.05) is 35.9 Å². The molecule has 2 aromatic carbocycles. The molecule has 3 amide bonds. The van der Waals surface area contributed by atoms with Crippen molar-refractivity contribution in [2.24, 2.45) is 0 Å². The van der Waals surface area contributed by atoms with E-state index in [0.29, 0.717) is 33.8 Å². The molecule has 0 fully saturated rings. The van der Waals surface area contributed by atoms with Crippen molar-refractivity contribution in [1.29, 1.82) is 0 Å². The molecule has 28 heavy (non-hydrogen) atoms. The summed E-state index contributed by atoms with van der Waals surface area (Å²) < 4.78 is 0. The Hall–Kier alpha value is -3.25. The van der Waals surface area contributed by atoms with Crippen LogP contribution in [0, 0.1) is 0 Å². The summed E-state index contributed by atoms with van der Waals surface area (Å²) in [6.07, 6.45) is 1.96. The molecule has 6 nitrogen and oxygen atoms in total. The van der Waals surface area contributed by atoms with E-state index >= 15 is 0 Å². The Morgan fingerprint density at radius 1 is 1.00 bits per heavy atom. The van der Waals surface area contributed by atoms with Crippen molar-refractivity contribution >= 4 is 45.9 Å². The molecular formula is C21H16ClN3O3. The Bertz CT molecular complexity index is 1050. The normalized spacial score (nSPS) is 13.1. The van der Waals surface area contributed by atoms with E-state index in [1.807, 2.05) is 12.1 Å². The zero-order chi connectivity index (χ0) is 19.7. The van der Waals surface area contributed by atoms with Gasteiger partial charge in [0.25, 0.3) is 11.8 Å². The highest BCUT2D eigenvalue weighted by molar-refractivity contribution is 6.30. The SMILES string of the molecule is O=C(CCCN1C(=O)c2cccc3cccc(c23)C1=O)Nc1ccc(Cl)cn1. The fourth-order valence-electron chi connectivity index (χ4n) is 3.34. The zero-order valence-electron chi connectivity index (χ0n) is 14.8. The molecule has 0 saturated carbocycles. The number of nitrogens with zero attached hydrogens (tertiary/aromatic N) is 2. The Balaban J connectivity index is 1.43. The second-order valence-corrected chi connectivity index (χ2v) is 6.92. The van der Waals surface area contributed by atoms with Gasteiger partial charge in [0.1, 0.15) is 5.82 Å². The molecule has 0 unspecified atom stereocenters. The number of carbonyl (C=O) groups excluding carboxylic acids is 3. The Morgan fingerprint density at radius 2 is 1.68 bits per heavy atom. The molecular weight excluding hydrogens is 378 g/mol. The molecule has 1 aliphatic heterocycles. The first-order valence-electron chi connectivity index (χ1n) is 8.84. The topological polar surface area (TPSA) is 79.4 Å². The standard InChI is InChI=1S/C21H16ClN3O3/c22-14-9-10-17(23-12-14)24-18(26)8-3-11-25-20(27)15-6-1-4-13-5-2-7-16(19(13)15)21(25)28/h1-2,4-7,9-10,12H,3,8,11H2,(H,23,24,26). The van der Waals surface area contributed by atoms with Crippen molar-refractivity contribution in [3.63, 3.8) is 0 Å². The highest BCUT2D eigenvalue weighted by Crippen LogP contribution is 2.30. The number of halogens is 1. The van der Waals surface area contributed by atoms with Crippen LogP contribution in [0.3, 0.4) is 0 Å². The van der Waals surface area contributed by atoms with Gasteiger partial charge < -0.3 is 5.32 Å². The smallest absolute Gasteiger partial charge is 0.261 e. The van der Waals surface area contributed by atoms with Crippen molar-refractivity contribution in [2.75, 3.05) is 11.9 Å². The van der Waals surface area contributed by atoms with Gasteiger partial charge in [-0.3, -0.25) is 19.3 Å². The third-order valence-corrected chi connectivity index (χ3v) is 4.86. The average molecular weight is 394 g/mol. The number of amides is 3. The van der Waals surface area contributed by atoms with E-state index in [-0.39, 0.29) is 30.7 Å². The van der Waals surface area contributed by atoms with E-state index in [1.165, 1.54) is 11.1 Å². The van der Waals surface area contributed by atoms with Crippen molar-refractivity contribution in [1.82, 2.24) is 9.88 Å². The van der Waals surface area contributed by atoms with Gasteiger partial charge in [0.05, 0.1) is 5.02 Å². The number of nitrogens with one attached hydrogen (secondary N) is 1. The Labute approximate surface area is 166 Å². The van der Waals surface area contributed by atoms with Crippen LogP contribution in [-0.4, -0.2) is 34.2 Å². The first-order chi connectivity index (χ1) is 13.5. The van der Waals surface area contributed by atoms with Crippen LogP contribution in [0.15, 0.2) is 54.7 Å². The van der Waals surface area contributed by atoms with E-state index in [0.717, 1.165) is 5.39 Å². The highest BCUT2D eigenvalue weighted by atomic mass is 35.5. The first kappa shape index (κ1) is 18.1. The first-order valence-corrected chi connectivity index (χ1v) is 9.22. The second-order valence-electron chi connectivity index (χ2n) is 6.48. The number of anilines is 1. The summed E-state index contributed by atoms with van der Waals surface area (Å²) in [6.45, 7) is 0.170. The molecule has 1 aliphatic rings. The van der Waals surface area contributed by atoms with Gasteiger partial charge in [0.15, 0.2) is 0 Å². The van der Waals surface area contributed by atoms with Crippen molar-refractivity contribution in [2.45, 2.75) is 12.8 Å². The van der Waals surface area contributed by atoms with Crippen LogP contribution in [0.4, 0.5) is 5.82 Å². The summed E-state index contributed by atoms with van der Waals surface area (Å²) >= 11 is 5.77. The number of benzene rings is 2. The molecule has 0 radical (unpaired) electrons. The zero-order valence-corrected chi connectivity index (χ0v) is 15.6. The van der Waals surface area contributed by atoms with E-state index in [1.54, 1.807) is 36.4 Å². The predicted octanol–water partition coefficient (Wildman–Crippen LogP) is 3.90. The molecule has 0 saturated heterocycles. The lowest BCUT2D eigenvalue weighted by atomic mass is 9.94. The molecule has 3 aromatic rings. The molecule has 7 heteroatoms. The minimum Gasteiger partial charge on any atom is -0.311 e. The Kier molecular flexibility index (Phi) is 4.79. The van der Waals surface area contributed by atoms with Crippen molar-refractivity contribution in [3.05, 3.63) is 70.9 Å². The molecule has 1 aromatic heterocycles. The molecule has 4 rings (SSSR count). The summed E-state index contributed by atoms with van der Waals surface area (Å²) in [5.41, 5.74) is 1.03. The maximum absolute atomic E-state index is 12.8. The third kappa shape index (κ3) is 3.34. The minimum atomic E-state index is -0.325. The summed E-state index contributed by atoms with van der Waals surface area (Å²) in [7, 11) is 0. The van der Waals surface area contributed by atoms with Crippen LogP contribution in [0.25, 0.3) is 10.8 Å². The van der Waals surface area contributed by atoms with Crippen LogP contribution >= 0.6 is 11.6 Å². The second kappa shape index (κ2) is 7.40. The van der Waals surface area contributed by atoms with Crippen molar-refractivity contribution < 1.29 is 14.4 Å². The van der Waals surface area contributed by atoms with Crippen LogP contribution in [0.5, 0.6) is 0 Å². The van der Waals surface area contributed by atoms with Gasteiger partial charge in [-0.15, -0.1) is 0 Å². The van der Waals surface area contributed by atoms with Crippen molar-refractivity contribution in [3.8, 4) is 0 Å². The lowest BCUT2D eigenvalue weighted by Crippen LogP contribution is -2.41. The van der Waals surface area contributed by atoms with Crippen LogP contribution in [0.1, 0.15) is 33.6 Å². The summed E-state index contributed by atoms with van der Waals surface area (Å²) in [4.78, 5) is 42.9. The predicted molar refractivity (Wildman–Crippen MR) is 106 cm³/mol. The largest absolute Gasteiger partial charge is 0.311 e. The van der Waals surface area contributed by atoms with E-state index in [4.69, 9.17) is 11.6 Å². The average Bonchev–Trinajstić information content (AvgIpc) is 2.70. The van der Waals surface area contributed by atoms with Gasteiger partial charge in [-0.2, -0.15) is 0 Å².